The van der Waals surface area contributed by atoms with Gasteiger partial charge in [-0.1, -0.05) is 23.7 Å². The number of aliphatic hydroxyl groups is 2. The fourth-order valence-electron chi connectivity index (χ4n) is 1.40. The van der Waals surface area contributed by atoms with Gasteiger partial charge in [0.25, 0.3) is 0 Å². The van der Waals surface area contributed by atoms with Crippen LogP contribution < -0.4 is 0 Å². The SMILES string of the molecule is CC(=O)c1ccc(C(O)C(O)CC#N)c(Cl)c1. The van der Waals surface area contributed by atoms with Gasteiger partial charge in [-0.05, 0) is 13.0 Å². The van der Waals surface area contributed by atoms with Crippen LogP contribution in [0.5, 0.6) is 0 Å². The van der Waals surface area contributed by atoms with E-state index < -0.39 is 12.2 Å². The molecule has 4 nitrogen and oxygen atoms in total. The van der Waals surface area contributed by atoms with E-state index in [0.717, 1.165) is 0 Å². The Morgan fingerprint density at radius 3 is 2.65 bits per heavy atom. The number of rotatable bonds is 4. The van der Waals surface area contributed by atoms with Gasteiger partial charge >= 0.3 is 0 Å². The molecular weight excluding hydrogens is 242 g/mol. The first kappa shape index (κ1) is 13.7. The molecule has 5 heteroatoms. The van der Waals surface area contributed by atoms with E-state index in [2.05, 4.69) is 0 Å². The molecule has 90 valence electrons. The highest BCUT2D eigenvalue weighted by Gasteiger charge is 2.20. The molecule has 2 atom stereocenters. The number of carbonyl (C=O) groups excluding carboxylic acids is 1. The Hall–Kier alpha value is -1.41. The molecule has 0 spiro atoms. The first-order valence-electron chi connectivity index (χ1n) is 5.00. The number of Topliss-reactive ketones (excluding diaryl/α,β-unsaturated/α-hetero) is 1. The second-order valence-electron chi connectivity index (χ2n) is 3.67. The van der Waals surface area contributed by atoms with Crippen LogP contribution in [-0.4, -0.2) is 22.1 Å². The number of carbonyl (C=O) groups is 1. The number of hydrogen-bond donors (Lipinski definition) is 2. The van der Waals surface area contributed by atoms with Crippen molar-refractivity contribution in [2.75, 3.05) is 0 Å². The molecule has 0 saturated carbocycles. The maximum Gasteiger partial charge on any atom is 0.159 e. The largest absolute Gasteiger partial charge is 0.389 e. The zero-order chi connectivity index (χ0) is 13.0. The van der Waals surface area contributed by atoms with Crippen LogP contribution >= 0.6 is 11.6 Å². The Labute approximate surface area is 104 Å². The van der Waals surface area contributed by atoms with Crippen LogP contribution in [0.25, 0.3) is 0 Å². The van der Waals surface area contributed by atoms with E-state index in [4.69, 9.17) is 16.9 Å². The maximum absolute atomic E-state index is 11.1. The smallest absolute Gasteiger partial charge is 0.159 e. The summed E-state index contributed by atoms with van der Waals surface area (Å²) in [5.41, 5.74) is 0.736. The van der Waals surface area contributed by atoms with E-state index in [1.165, 1.54) is 25.1 Å². The summed E-state index contributed by atoms with van der Waals surface area (Å²) in [6.45, 7) is 1.41. The van der Waals surface area contributed by atoms with Crippen LogP contribution in [-0.2, 0) is 0 Å². The fraction of sp³-hybridized carbons (Fsp3) is 0.333. The third-order valence-corrected chi connectivity index (χ3v) is 2.72. The van der Waals surface area contributed by atoms with Crippen molar-refractivity contribution in [2.45, 2.75) is 25.6 Å². The van der Waals surface area contributed by atoms with Gasteiger partial charge in [-0.15, -0.1) is 0 Å². The number of nitrogens with zero attached hydrogens (tertiary/aromatic N) is 1. The lowest BCUT2D eigenvalue weighted by molar-refractivity contribution is 0.0217. The molecule has 0 saturated heterocycles. The predicted octanol–water partition coefficient (Wildman–Crippen LogP) is 1.85. The lowest BCUT2D eigenvalue weighted by atomic mass is 10.0. The van der Waals surface area contributed by atoms with E-state index in [1.807, 2.05) is 0 Å². The van der Waals surface area contributed by atoms with E-state index >= 15 is 0 Å². The summed E-state index contributed by atoms with van der Waals surface area (Å²) in [4.78, 5) is 11.1. The van der Waals surface area contributed by atoms with Crippen LogP contribution in [0.2, 0.25) is 5.02 Å². The molecule has 0 bridgehead atoms. The van der Waals surface area contributed by atoms with Crippen LogP contribution in [0.3, 0.4) is 0 Å². The number of halogens is 1. The second-order valence-corrected chi connectivity index (χ2v) is 4.07. The van der Waals surface area contributed by atoms with Gasteiger partial charge < -0.3 is 10.2 Å². The monoisotopic (exact) mass is 253 g/mol. The molecule has 1 aromatic carbocycles. The molecule has 0 aliphatic carbocycles. The molecular formula is C12H12ClNO3. The highest BCUT2D eigenvalue weighted by Crippen LogP contribution is 2.27. The average molecular weight is 254 g/mol. The van der Waals surface area contributed by atoms with Crippen molar-refractivity contribution in [1.29, 1.82) is 5.26 Å². The Morgan fingerprint density at radius 2 is 2.18 bits per heavy atom. The van der Waals surface area contributed by atoms with Crippen LogP contribution in [0.1, 0.15) is 35.4 Å². The van der Waals surface area contributed by atoms with Gasteiger partial charge in [0, 0.05) is 16.1 Å². The lowest BCUT2D eigenvalue weighted by Gasteiger charge is -2.17. The normalized spacial score (nSPS) is 13.8. The highest BCUT2D eigenvalue weighted by atomic mass is 35.5. The molecule has 0 radical (unpaired) electrons. The van der Waals surface area contributed by atoms with Crippen LogP contribution in [0.4, 0.5) is 0 Å². The maximum atomic E-state index is 11.1. The van der Waals surface area contributed by atoms with E-state index in [1.54, 1.807) is 6.07 Å². The predicted molar refractivity (Wildman–Crippen MR) is 62.7 cm³/mol. The molecule has 0 heterocycles. The lowest BCUT2D eigenvalue weighted by Crippen LogP contribution is -2.18. The number of ketones is 1. The molecule has 0 amide bonds. The van der Waals surface area contributed by atoms with Gasteiger partial charge in [-0.25, -0.2) is 0 Å². The Balaban J connectivity index is 3.00. The summed E-state index contributed by atoms with van der Waals surface area (Å²) >= 11 is 5.91. The van der Waals surface area contributed by atoms with Crippen molar-refractivity contribution >= 4 is 17.4 Å². The molecule has 1 aromatic rings. The summed E-state index contributed by atoms with van der Waals surface area (Å²) in [5, 5.41) is 27.9. The van der Waals surface area contributed by atoms with E-state index in [9.17, 15) is 15.0 Å². The van der Waals surface area contributed by atoms with Gasteiger partial charge in [-0.3, -0.25) is 4.79 Å². The van der Waals surface area contributed by atoms with Crippen molar-refractivity contribution < 1.29 is 15.0 Å². The first-order chi connectivity index (χ1) is 7.97. The van der Waals surface area contributed by atoms with Gasteiger partial charge in [0.05, 0.1) is 18.6 Å². The summed E-state index contributed by atoms with van der Waals surface area (Å²) in [5.74, 6) is -0.134. The number of nitriles is 1. The summed E-state index contributed by atoms with van der Waals surface area (Å²) in [6, 6.07) is 6.19. The number of aliphatic hydroxyl groups excluding tert-OH is 2. The Morgan fingerprint density at radius 1 is 1.53 bits per heavy atom. The molecule has 1 rings (SSSR count). The third-order valence-electron chi connectivity index (χ3n) is 2.39. The number of hydrogen-bond acceptors (Lipinski definition) is 4. The molecule has 2 unspecified atom stereocenters. The van der Waals surface area contributed by atoms with Gasteiger partial charge in [0.1, 0.15) is 6.10 Å². The van der Waals surface area contributed by atoms with Gasteiger partial charge in [-0.2, -0.15) is 5.26 Å². The summed E-state index contributed by atoms with van der Waals surface area (Å²) in [6.07, 6.45) is -2.62. The minimum atomic E-state index is -1.23. The van der Waals surface area contributed by atoms with Crippen molar-refractivity contribution in [2.24, 2.45) is 0 Å². The minimum absolute atomic E-state index is 0.134. The standard InChI is InChI=1S/C12H12ClNO3/c1-7(15)8-2-3-9(10(13)6-8)12(17)11(16)4-5-14/h2-3,6,11-12,16-17H,4H2,1H3. The molecule has 0 fully saturated rings. The average Bonchev–Trinajstić information content (AvgIpc) is 2.28. The third kappa shape index (κ3) is 3.27. The summed E-state index contributed by atoms with van der Waals surface area (Å²) < 4.78 is 0. The van der Waals surface area contributed by atoms with E-state index in [-0.39, 0.29) is 17.2 Å². The zero-order valence-corrected chi connectivity index (χ0v) is 9.98. The quantitative estimate of drug-likeness (QED) is 0.803. The second kappa shape index (κ2) is 5.78. The van der Waals surface area contributed by atoms with Gasteiger partial charge in [0.15, 0.2) is 5.78 Å². The Bertz CT molecular complexity index is 467. The molecule has 2 N–H and O–H groups in total. The molecule has 0 aliphatic heterocycles. The summed E-state index contributed by atoms with van der Waals surface area (Å²) in [7, 11) is 0. The van der Waals surface area contributed by atoms with Crippen molar-refractivity contribution in [1.82, 2.24) is 0 Å². The molecule has 0 aliphatic rings. The zero-order valence-electron chi connectivity index (χ0n) is 9.22. The van der Waals surface area contributed by atoms with E-state index in [0.29, 0.717) is 11.1 Å². The Kier molecular flexibility index (Phi) is 4.64. The van der Waals surface area contributed by atoms with Crippen molar-refractivity contribution in [3.05, 3.63) is 34.3 Å². The van der Waals surface area contributed by atoms with Crippen molar-refractivity contribution in [3.8, 4) is 6.07 Å². The number of benzene rings is 1. The molecule has 17 heavy (non-hydrogen) atoms. The highest BCUT2D eigenvalue weighted by molar-refractivity contribution is 6.31. The topological polar surface area (TPSA) is 81.3 Å². The van der Waals surface area contributed by atoms with Gasteiger partial charge in [0.2, 0.25) is 0 Å². The van der Waals surface area contributed by atoms with Crippen LogP contribution in [0, 0.1) is 11.3 Å². The van der Waals surface area contributed by atoms with Crippen LogP contribution in [0.15, 0.2) is 18.2 Å². The van der Waals surface area contributed by atoms with Crippen molar-refractivity contribution in [3.63, 3.8) is 0 Å². The minimum Gasteiger partial charge on any atom is -0.389 e. The molecule has 0 aromatic heterocycles. The first-order valence-corrected chi connectivity index (χ1v) is 5.38. The fourth-order valence-corrected chi connectivity index (χ4v) is 1.69.